The second-order valence-corrected chi connectivity index (χ2v) is 8.26. The number of pyridine rings is 1. The Labute approximate surface area is 160 Å². The van der Waals surface area contributed by atoms with E-state index in [9.17, 15) is 4.79 Å². The van der Waals surface area contributed by atoms with Crippen LogP contribution in [0.3, 0.4) is 0 Å². The standard InChI is InChI=1S/C19H19N5O2S/c1-11-22-23-19(27-11)12-2-3-13-7-20-17(5-14(13)4-12)21-18(25)9-24-8-16-6-15(24)10-26-16/h2-5,7,15-16H,6,8-10H2,1H3,(H,20,21,25)/t15-,16-/m1/s1. The number of hydrogen-bond acceptors (Lipinski definition) is 7. The Balaban J connectivity index is 1.33. The molecule has 2 saturated heterocycles. The van der Waals surface area contributed by atoms with Crippen LogP contribution in [0.1, 0.15) is 11.4 Å². The van der Waals surface area contributed by atoms with Gasteiger partial charge < -0.3 is 10.1 Å². The number of hydrogen-bond donors (Lipinski definition) is 1. The minimum absolute atomic E-state index is 0.0368. The van der Waals surface area contributed by atoms with Crippen LogP contribution in [0.15, 0.2) is 30.5 Å². The SMILES string of the molecule is Cc1nnc(-c2ccc3cnc(NC(=O)CN4C[C@H]5C[C@@H]4CO5)cc3c2)s1. The second kappa shape index (κ2) is 6.63. The van der Waals surface area contributed by atoms with E-state index in [0.29, 0.717) is 24.5 Å². The molecule has 7 nitrogen and oxygen atoms in total. The van der Waals surface area contributed by atoms with Crippen molar-refractivity contribution < 1.29 is 9.53 Å². The molecule has 2 bridgehead atoms. The summed E-state index contributed by atoms with van der Waals surface area (Å²) in [4.78, 5) is 19.0. The Hall–Kier alpha value is -2.42. The molecule has 1 N–H and O–H groups in total. The first-order valence-electron chi connectivity index (χ1n) is 9.00. The van der Waals surface area contributed by atoms with Gasteiger partial charge >= 0.3 is 0 Å². The van der Waals surface area contributed by atoms with E-state index in [-0.39, 0.29) is 5.91 Å². The molecule has 0 saturated carbocycles. The Kier molecular flexibility index (Phi) is 4.11. The van der Waals surface area contributed by atoms with E-state index < -0.39 is 0 Å². The van der Waals surface area contributed by atoms with Gasteiger partial charge in [-0.1, -0.05) is 23.5 Å². The smallest absolute Gasteiger partial charge is 0.239 e. The quantitative estimate of drug-likeness (QED) is 0.748. The van der Waals surface area contributed by atoms with E-state index in [1.165, 1.54) is 0 Å². The number of rotatable bonds is 4. The van der Waals surface area contributed by atoms with Crippen molar-refractivity contribution in [2.45, 2.75) is 25.5 Å². The molecule has 1 amide bonds. The van der Waals surface area contributed by atoms with Gasteiger partial charge in [0.25, 0.3) is 0 Å². The molecule has 0 unspecified atom stereocenters. The van der Waals surface area contributed by atoms with Crippen molar-refractivity contribution in [1.29, 1.82) is 0 Å². The van der Waals surface area contributed by atoms with Crippen LogP contribution in [-0.4, -0.2) is 57.8 Å². The van der Waals surface area contributed by atoms with Crippen LogP contribution in [0.5, 0.6) is 0 Å². The molecule has 3 aromatic rings. The van der Waals surface area contributed by atoms with Gasteiger partial charge in [0.15, 0.2) is 0 Å². The second-order valence-electron chi connectivity index (χ2n) is 7.08. The lowest BCUT2D eigenvalue weighted by Crippen LogP contribution is -2.41. The molecule has 0 aliphatic carbocycles. The first kappa shape index (κ1) is 16.7. The highest BCUT2D eigenvalue weighted by Gasteiger charge is 2.39. The van der Waals surface area contributed by atoms with Crippen LogP contribution < -0.4 is 5.32 Å². The van der Waals surface area contributed by atoms with Crippen LogP contribution in [-0.2, 0) is 9.53 Å². The summed E-state index contributed by atoms with van der Waals surface area (Å²) < 4.78 is 5.58. The maximum Gasteiger partial charge on any atom is 0.239 e. The Morgan fingerprint density at radius 2 is 2.26 bits per heavy atom. The molecule has 0 spiro atoms. The van der Waals surface area contributed by atoms with Crippen molar-refractivity contribution in [3.63, 3.8) is 0 Å². The number of ether oxygens (including phenoxy) is 1. The Bertz CT molecular complexity index is 1020. The van der Waals surface area contributed by atoms with Crippen molar-refractivity contribution >= 4 is 33.8 Å². The van der Waals surface area contributed by atoms with E-state index in [2.05, 4.69) is 31.5 Å². The predicted octanol–water partition coefficient (Wildman–Crippen LogP) is 2.47. The topological polar surface area (TPSA) is 80.2 Å². The van der Waals surface area contributed by atoms with Gasteiger partial charge in [0.2, 0.25) is 5.91 Å². The molecule has 8 heteroatoms. The van der Waals surface area contributed by atoms with Crippen molar-refractivity contribution in [2.24, 2.45) is 0 Å². The zero-order valence-electron chi connectivity index (χ0n) is 14.9. The zero-order chi connectivity index (χ0) is 18.4. The maximum absolute atomic E-state index is 12.4. The lowest BCUT2D eigenvalue weighted by molar-refractivity contribution is -0.118. The van der Waals surface area contributed by atoms with E-state index in [0.717, 1.165) is 45.9 Å². The highest BCUT2D eigenvalue weighted by molar-refractivity contribution is 7.14. The molecule has 4 heterocycles. The lowest BCUT2D eigenvalue weighted by Gasteiger charge is -2.25. The van der Waals surface area contributed by atoms with E-state index in [1.54, 1.807) is 17.5 Å². The molecule has 1 aromatic carbocycles. The number of likely N-dealkylation sites (tertiary alicyclic amines) is 1. The normalized spacial score (nSPS) is 21.8. The van der Waals surface area contributed by atoms with Crippen molar-refractivity contribution in [2.75, 3.05) is 25.0 Å². The maximum atomic E-state index is 12.4. The minimum atomic E-state index is -0.0368. The summed E-state index contributed by atoms with van der Waals surface area (Å²) in [6.07, 6.45) is 3.12. The number of morpholine rings is 1. The van der Waals surface area contributed by atoms with Gasteiger partial charge in [-0.2, -0.15) is 0 Å². The van der Waals surface area contributed by atoms with Gasteiger partial charge in [-0.05, 0) is 30.9 Å². The number of benzene rings is 1. The summed E-state index contributed by atoms with van der Waals surface area (Å²) in [6.45, 7) is 3.90. The largest absolute Gasteiger partial charge is 0.375 e. The fraction of sp³-hybridized carbons (Fsp3) is 0.368. The number of fused-ring (bicyclic) bond motifs is 3. The number of carbonyl (C=O) groups is 1. The molecule has 2 aliphatic rings. The average Bonchev–Trinajstić information content (AvgIpc) is 3.38. The van der Waals surface area contributed by atoms with Gasteiger partial charge in [-0.3, -0.25) is 9.69 Å². The molecule has 2 atom stereocenters. The van der Waals surface area contributed by atoms with Crippen LogP contribution in [0.25, 0.3) is 21.3 Å². The molecule has 138 valence electrons. The fourth-order valence-corrected chi connectivity index (χ4v) is 4.48. The van der Waals surface area contributed by atoms with E-state index >= 15 is 0 Å². The number of anilines is 1. The molecule has 2 aliphatic heterocycles. The van der Waals surface area contributed by atoms with Gasteiger partial charge in [-0.25, -0.2) is 4.98 Å². The molecule has 2 fully saturated rings. The first-order chi connectivity index (χ1) is 13.1. The minimum Gasteiger partial charge on any atom is -0.375 e. The molecular weight excluding hydrogens is 362 g/mol. The third-order valence-electron chi connectivity index (χ3n) is 5.12. The number of amides is 1. The average molecular weight is 381 g/mol. The highest BCUT2D eigenvalue weighted by Crippen LogP contribution is 2.28. The first-order valence-corrected chi connectivity index (χ1v) is 9.81. The van der Waals surface area contributed by atoms with Gasteiger partial charge in [-0.15, -0.1) is 10.2 Å². The third-order valence-corrected chi connectivity index (χ3v) is 6.01. The molecule has 0 radical (unpaired) electrons. The van der Waals surface area contributed by atoms with Gasteiger partial charge in [0.05, 0.1) is 19.3 Å². The third kappa shape index (κ3) is 3.31. The molecule has 5 rings (SSSR count). The number of carbonyl (C=O) groups excluding carboxylic acids is 1. The van der Waals surface area contributed by atoms with Crippen molar-refractivity contribution in [1.82, 2.24) is 20.1 Å². The van der Waals surface area contributed by atoms with Crippen molar-refractivity contribution in [3.8, 4) is 10.6 Å². The van der Waals surface area contributed by atoms with Crippen LogP contribution in [0.2, 0.25) is 0 Å². The monoisotopic (exact) mass is 381 g/mol. The summed E-state index contributed by atoms with van der Waals surface area (Å²) >= 11 is 1.56. The summed E-state index contributed by atoms with van der Waals surface area (Å²) in [6, 6.07) is 8.38. The number of nitrogens with zero attached hydrogens (tertiary/aromatic N) is 4. The molecular formula is C19H19N5O2S. The van der Waals surface area contributed by atoms with Crippen LogP contribution in [0, 0.1) is 6.92 Å². The van der Waals surface area contributed by atoms with Crippen LogP contribution in [0.4, 0.5) is 5.82 Å². The number of aromatic nitrogens is 3. The number of aryl methyl sites for hydroxylation is 1. The molecule has 2 aromatic heterocycles. The zero-order valence-corrected chi connectivity index (χ0v) is 15.7. The number of nitrogens with one attached hydrogen (secondary N) is 1. The summed E-state index contributed by atoms with van der Waals surface area (Å²) in [5.41, 5.74) is 1.02. The lowest BCUT2D eigenvalue weighted by atomic mass is 10.1. The predicted molar refractivity (Wildman–Crippen MR) is 104 cm³/mol. The van der Waals surface area contributed by atoms with Crippen LogP contribution >= 0.6 is 11.3 Å². The summed E-state index contributed by atoms with van der Waals surface area (Å²) in [5.74, 6) is 0.531. The summed E-state index contributed by atoms with van der Waals surface area (Å²) in [7, 11) is 0. The molecule has 27 heavy (non-hydrogen) atoms. The Morgan fingerprint density at radius 3 is 3.00 bits per heavy atom. The van der Waals surface area contributed by atoms with E-state index in [1.807, 2.05) is 25.1 Å². The van der Waals surface area contributed by atoms with E-state index in [4.69, 9.17) is 4.74 Å². The highest BCUT2D eigenvalue weighted by atomic mass is 32.1. The van der Waals surface area contributed by atoms with Gasteiger partial charge in [0, 0.05) is 29.7 Å². The van der Waals surface area contributed by atoms with Gasteiger partial charge in [0.1, 0.15) is 15.8 Å². The Morgan fingerprint density at radius 1 is 1.33 bits per heavy atom. The fourth-order valence-electron chi connectivity index (χ4n) is 3.80. The van der Waals surface area contributed by atoms with Crippen molar-refractivity contribution in [3.05, 3.63) is 35.5 Å². The summed E-state index contributed by atoms with van der Waals surface area (Å²) in [5, 5.41) is 15.1.